The predicted octanol–water partition coefficient (Wildman–Crippen LogP) is 5.02. The Morgan fingerprint density at radius 1 is 1.26 bits per heavy atom. The normalized spacial score (nSPS) is 11.6. The minimum absolute atomic E-state index is 0.803. The average Bonchev–Trinajstić information content (AvgIpc) is 2.46. The molecule has 0 unspecified atom stereocenters. The highest BCUT2D eigenvalue weighted by molar-refractivity contribution is 8.38. The van der Waals surface area contributed by atoms with Gasteiger partial charge in [-0.25, -0.2) is 4.99 Å². The minimum Gasteiger partial charge on any atom is -0.262 e. The van der Waals surface area contributed by atoms with Gasteiger partial charge in [-0.2, -0.15) is 0 Å². The van der Waals surface area contributed by atoms with Crippen molar-refractivity contribution in [3.05, 3.63) is 59.4 Å². The molecular weight excluding hydrogens is 296 g/mol. The molecule has 1 heterocycles. The molecule has 5 heteroatoms. The molecule has 0 saturated heterocycles. The van der Waals surface area contributed by atoms with E-state index in [-0.39, 0.29) is 0 Å². The van der Waals surface area contributed by atoms with Crippen LogP contribution >= 0.6 is 35.1 Å². The van der Waals surface area contributed by atoms with E-state index in [0.29, 0.717) is 0 Å². The van der Waals surface area contributed by atoms with Gasteiger partial charge in [0.1, 0.15) is 4.38 Å². The maximum atomic E-state index is 6.14. The molecule has 0 saturated carbocycles. The fourth-order valence-corrected chi connectivity index (χ4v) is 3.24. The lowest BCUT2D eigenvalue weighted by molar-refractivity contribution is 1.31. The number of thioether (sulfide) groups is 2. The highest BCUT2D eigenvalue weighted by Gasteiger charge is 2.03. The van der Waals surface area contributed by atoms with Crippen molar-refractivity contribution in [3.63, 3.8) is 0 Å². The van der Waals surface area contributed by atoms with E-state index in [2.05, 4.69) is 9.98 Å². The second kappa shape index (κ2) is 7.58. The Morgan fingerprint density at radius 3 is 2.79 bits per heavy atom. The molecule has 0 atom stereocenters. The first kappa shape index (κ1) is 14.4. The van der Waals surface area contributed by atoms with E-state index < -0.39 is 0 Å². The van der Waals surface area contributed by atoms with Gasteiger partial charge in [0.2, 0.25) is 0 Å². The van der Waals surface area contributed by atoms with Gasteiger partial charge in [-0.1, -0.05) is 41.6 Å². The summed E-state index contributed by atoms with van der Waals surface area (Å²) in [6.45, 7) is 0. The average molecular weight is 309 g/mol. The molecule has 0 bridgehead atoms. The number of pyridine rings is 1. The van der Waals surface area contributed by atoms with Gasteiger partial charge >= 0.3 is 0 Å². The van der Waals surface area contributed by atoms with Gasteiger partial charge in [0.25, 0.3) is 0 Å². The van der Waals surface area contributed by atoms with Crippen LogP contribution in [0.2, 0.25) is 5.02 Å². The molecule has 0 radical (unpaired) electrons. The van der Waals surface area contributed by atoms with Crippen molar-refractivity contribution in [1.29, 1.82) is 0 Å². The standard InChI is InChI=1S/C14H13ClN2S2/c1-18-14(17-12-6-4-8-16-9-12)19-10-11-5-2-3-7-13(11)15/h2-9H,10H2,1H3. The molecule has 1 aromatic carbocycles. The first-order chi connectivity index (χ1) is 9.29. The van der Waals surface area contributed by atoms with Gasteiger partial charge in [0.15, 0.2) is 0 Å². The van der Waals surface area contributed by atoms with Gasteiger partial charge in [-0.3, -0.25) is 4.98 Å². The summed E-state index contributed by atoms with van der Waals surface area (Å²) in [5.41, 5.74) is 2.00. The number of rotatable bonds is 3. The monoisotopic (exact) mass is 308 g/mol. The van der Waals surface area contributed by atoms with Crippen LogP contribution in [0.3, 0.4) is 0 Å². The lowest BCUT2D eigenvalue weighted by Gasteiger charge is -2.05. The summed E-state index contributed by atoms with van der Waals surface area (Å²) in [4.78, 5) is 8.62. The fourth-order valence-electron chi connectivity index (χ4n) is 1.42. The largest absolute Gasteiger partial charge is 0.262 e. The summed E-state index contributed by atoms with van der Waals surface area (Å²) in [5.74, 6) is 0.819. The number of benzene rings is 1. The van der Waals surface area contributed by atoms with E-state index in [1.54, 1.807) is 35.9 Å². The maximum Gasteiger partial charge on any atom is 0.130 e. The number of nitrogens with zero attached hydrogens (tertiary/aromatic N) is 2. The van der Waals surface area contributed by atoms with Crippen LogP contribution in [0.4, 0.5) is 5.69 Å². The molecule has 0 spiro atoms. The highest BCUT2D eigenvalue weighted by Crippen LogP contribution is 2.26. The Bertz CT molecular complexity index is 558. The van der Waals surface area contributed by atoms with E-state index in [9.17, 15) is 0 Å². The van der Waals surface area contributed by atoms with E-state index in [0.717, 1.165) is 26.4 Å². The van der Waals surface area contributed by atoms with Crippen molar-refractivity contribution in [2.24, 2.45) is 4.99 Å². The molecule has 19 heavy (non-hydrogen) atoms. The quantitative estimate of drug-likeness (QED) is 0.588. The molecule has 98 valence electrons. The zero-order chi connectivity index (χ0) is 13.5. The summed E-state index contributed by atoms with van der Waals surface area (Å²) in [5, 5.41) is 0.803. The topological polar surface area (TPSA) is 25.2 Å². The van der Waals surface area contributed by atoms with Crippen LogP contribution in [-0.2, 0) is 5.75 Å². The van der Waals surface area contributed by atoms with Crippen molar-refractivity contribution in [1.82, 2.24) is 4.98 Å². The third-order valence-electron chi connectivity index (χ3n) is 2.35. The van der Waals surface area contributed by atoms with Crippen LogP contribution < -0.4 is 0 Å². The summed E-state index contributed by atoms with van der Waals surface area (Å²) in [7, 11) is 0. The zero-order valence-electron chi connectivity index (χ0n) is 10.4. The first-order valence-electron chi connectivity index (χ1n) is 5.68. The number of aliphatic imine (C=N–C) groups is 1. The fraction of sp³-hybridized carbons (Fsp3) is 0.143. The van der Waals surface area contributed by atoms with Crippen molar-refractivity contribution >= 4 is 45.2 Å². The van der Waals surface area contributed by atoms with E-state index in [1.807, 2.05) is 42.7 Å². The lowest BCUT2D eigenvalue weighted by atomic mass is 10.2. The first-order valence-corrected chi connectivity index (χ1v) is 8.27. The minimum atomic E-state index is 0.803. The van der Waals surface area contributed by atoms with Crippen molar-refractivity contribution < 1.29 is 0 Å². The van der Waals surface area contributed by atoms with E-state index in [4.69, 9.17) is 11.6 Å². The second-order valence-electron chi connectivity index (χ2n) is 3.67. The molecular formula is C14H13ClN2S2. The van der Waals surface area contributed by atoms with Gasteiger partial charge in [-0.15, -0.1) is 11.8 Å². The molecule has 1 aromatic heterocycles. The van der Waals surface area contributed by atoms with Gasteiger partial charge in [0.05, 0.1) is 11.9 Å². The van der Waals surface area contributed by atoms with E-state index >= 15 is 0 Å². The number of aromatic nitrogens is 1. The molecule has 2 rings (SSSR count). The molecule has 0 N–H and O–H groups in total. The Balaban J connectivity index is 2.04. The van der Waals surface area contributed by atoms with Crippen LogP contribution in [-0.4, -0.2) is 15.6 Å². The lowest BCUT2D eigenvalue weighted by Crippen LogP contribution is -1.88. The second-order valence-corrected chi connectivity index (χ2v) is 6.10. The third-order valence-corrected chi connectivity index (χ3v) is 4.81. The van der Waals surface area contributed by atoms with E-state index in [1.165, 1.54) is 0 Å². The summed E-state index contributed by atoms with van der Waals surface area (Å²) in [6.07, 6.45) is 5.52. The summed E-state index contributed by atoms with van der Waals surface area (Å²) in [6, 6.07) is 11.7. The van der Waals surface area contributed by atoms with Gasteiger partial charge < -0.3 is 0 Å². The van der Waals surface area contributed by atoms with Crippen LogP contribution in [0.25, 0.3) is 0 Å². The maximum absolute atomic E-state index is 6.14. The van der Waals surface area contributed by atoms with Crippen LogP contribution in [0.1, 0.15) is 5.56 Å². The number of hydrogen-bond acceptors (Lipinski definition) is 4. The SMILES string of the molecule is CSC(=Nc1cccnc1)SCc1ccccc1Cl. The Kier molecular flexibility index (Phi) is 5.76. The molecule has 2 aromatic rings. The molecule has 0 aliphatic rings. The Hall–Kier alpha value is -0.970. The molecule has 2 nitrogen and oxygen atoms in total. The summed E-state index contributed by atoms with van der Waals surface area (Å²) >= 11 is 9.46. The summed E-state index contributed by atoms with van der Waals surface area (Å²) < 4.78 is 1.01. The predicted molar refractivity (Wildman–Crippen MR) is 87.6 cm³/mol. The Labute approximate surface area is 126 Å². The van der Waals surface area contributed by atoms with Crippen LogP contribution in [0, 0.1) is 0 Å². The smallest absolute Gasteiger partial charge is 0.130 e. The van der Waals surface area contributed by atoms with Crippen LogP contribution in [0.5, 0.6) is 0 Å². The van der Waals surface area contributed by atoms with Crippen molar-refractivity contribution in [3.8, 4) is 0 Å². The molecule has 0 amide bonds. The Morgan fingerprint density at radius 2 is 2.11 bits per heavy atom. The third kappa shape index (κ3) is 4.56. The van der Waals surface area contributed by atoms with Gasteiger partial charge in [0, 0.05) is 17.0 Å². The molecule has 0 aliphatic carbocycles. The van der Waals surface area contributed by atoms with Crippen LogP contribution in [0.15, 0.2) is 53.8 Å². The van der Waals surface area contributed by atoms with Crippen molar-refractivity contribution in [2.75, 3.05) is 6.26 Å². The number of hydrogen-bond donors (Lipinski definition) is 0. The number of halogens is 1. The highest BCUT2D eigenvalue weighted by atomic mass is 35.5. The van der Waals surface area contributed by atoms with Gasteiger partial charge in [-0.05, 0) is 30.0 Å². The molecule has 0 fully saturated rings. The van der Waals surface area contributed by atoms with Crippen molar-refractivity contribution in [2.45, 2.75) is 5.75 Å². The zero-order valence-corrected chi connectivity index (χ0v) is 12.8. The molecule has 0 aliphatic heterocycles.